The second kappa shape index (κ2) is 8.46. The molecular formula is C23H27ClN6O. The topological polar surface area (TPSA) is 75.9 Å². The average Bonchev–Trinajstić information content (AvgIpc) is 2.96. The summed E-state index contributed by atoms with van der Waals surface area (Å²) in [5.41, 5.74) is 3.51. The molecule has 1 aromatic carbocycles. The number of fused-ring (bicyclic) bond motifs is 3. The lowest BCUT2D eigenvalue weighted by Crippen LogP contribution is -2.41. The SMILES string of the molecule is Cc1ccc(NC(=O)C2CCCN(c3ncnc4c3nc3n4CCCCC3)C2)c(Cl)c1. The number of anilines is 2. The largest absolute Gasteiger partial charge is 0.354 e. The number of carbonyl (C=O) groups is 1. The van der Waals surface area contributed by atoms with Crippen LogP contribution in [0.25, 0.3) is 11.2 Å². The summed E-state index contributed by atoms with van der Waals surface area (Å²) >= 11 is 6.31. The number of amides is 1. The van der Waals surface area contributed by atoms with Crippen LogP contribution in [0, 0.1) is 12.8 Å². The molecule has 0 bridgehead atoms. The fourth-order valence-corrected chi connectivity index (χ4v) is 4.98. The number of halogens is 1. The van der Waals surface area contributed by atoms with Gasteiger partial charge < -0.3 is 14.8 Å². The maximum atomic E-state index is 13.0. The molecule has 162 valence electrons. The Hall–Kier alpha value is -2.67. The van der Waals surface area contributed by atoms with Gasteiger partial charge in [0, 0.05) is 26.1 Å². The Morgan fingerprint density at radius 3 is 2.94 bits per heavy atom. The van der Waals surface area contributed by atoms with Gasteiger partial charge in [-0.25, -0.2) is 15.0 Å². The number of benzene rings is 1. The van der Waals surface area contributed by atoms with E-state index in [0.29, 0.717) is 17.3 Å². The first-order valence-electron chi connectivity index (χ1n) is 11.1. The molecule has 1 unspecified atom stereocenters. The van der Waals surface area contributed by atoms with Crippen LogP contribution in [0.2, 0.25) is 5.02 Å². The number of piperidine rings is 1. The van der Waals surface area contributed by atoms with Crippen molar-refractivity contribution in [1.82, 2.24) is 19.5 Å². The first kappa shape index (κ1) is 20.2. The summed E-state index contributed by atoms with van der Waals surface area (Å²) in [5, 5.41) is 3.58. The van der Waals surface area contributed by atoms with Gasteiger partial charge in [0.25, 0.3) is 0 Å². The van der Waals surface area contributed by atoms with Crippen LogP contribution in [-0.4, -0.2) is 38.5 Å². The highest BCUT2D eigenvalue weighted by Gasteiger charge is 2.29. The van der Waals surface area contributed by atoms with Crippen LogP contribution < -0.4 is 10.2 Å². The fourth-order valence-electron chi connectivity index (χ4n) is 4.70. The van der Waals surface area contributed by atoms with Gasteiger partial charge >= 0.3 is 0 Å². The van der Waals surface area contributed by atoms with Crippen molar-refractivity contribution in [2.45, 2.75) is 52.0 Å². The maximum Gasteiger partial charge on any atom is 0.229 e. The number of carbonyl (C=O) groups excluding carboxylic acids is 1. The summed E-state index contributed by atoms with van der Waals surface area (Å²) in [7, 11) is 0. The van der Waals surface area contributed by atoms with Crippen molar-refractivity contribution in [1.29, 1.82) is 0 Å². The third-order valence-corrected chi connectivity index (χ3v) is 6.66. The molecule has 1 N–H and O–H groups in total. The normalized spacial score (nSPS) is 19.2. The van der Waals surface area contributed by atoms with E-state index >= 15 is 0 Å². The zero-order chi connectivity index (χ0) is 21.4. The van der Waals surface area contributed by atoms with E-state index in [-0.39, 0.29) is 11.8 Å². The van der Waals surface area contributed by atoms with E-state index in [1.165, 1.54) is 12.8 Å². The third kappa shape index (κ3) is 3.99. The van der Waals surface area contributed by atoms with Gasteiger partial charge in [0.1, 0.15) is 12.2 Å². The van der Waals surface area contributed by atoms with Crippen molar-refractivity contribution in [3.63, 3.8) is 0 Å². The number of nitrogens with zero attached hydrogens (tertiary/aromatic N) is 5. The molecule has 5 rings (SSSR count). The molecular weight excluding hydrogens is 412 g/mol. The quantitative estimate of drug-likeness (QED) is 0.657. The molecule has 0 spiro atoms. The molecule has 2 aliphatic heterocycles. The van der Waals surface area contributed by atoms with E-state index in [9.17, 15) is 4.79 Å². The summed E-state index contributed by atoms with van der Waals surface area (Å²) < 4.78 is 2.25. The lowest BCUT2D eigenvalue weighted by atomic mass is 9.97. The van der Waals surface area contributed by atoms with Crippen LogP contribution in [0.3, 0.4) is 0 Å². The van der Waals surface area contributed by atoms with E-state index in [1.54, 1.807) is 6.33 Å². The number of aryl methyl sites for hydroxylation is 3. The molecule has 1 amide bonds. The highest BCUT2D eigenvalue weighted by atomic mass is 35.5. The van der Waals surface area contributed by atoms with Gasteiger partial charge in [0.05, 0.1) is 16.6 Å². The zero-order valence-electron chi connectivity index (χ0n) is 17.8. The van der Waals surface area contributed by atoms with Crippen molar-refractivity contribution in [3.8, 4) is 0 Å². The molecule has 2 aliphatic rings. The first-order valence-corrected chi connectivity index (χ1v) is 11.5. The predicted octanol–water partition coefficient (Wildman–Crippen LogP) is 4.37. The van der Waals surface area contributed by atoms with Crippen LogP contribution in [0.4, 0.5) is 11.5 Å². The molecule has 0 saturated carbocycles. The zero-order valence-corrected chi connectivity index (χ0v) is 18.5. The van der Waals surface area contributed by atoms with Crippen LogP contribution in [-0.2, 0) is 17.8 Å². The van der Waals surface area contributed by atoms with E-state index in [2.05, 4.69) is 24.8 Å². The summed E-state index contributed by atoms with van der Waals surface area (Å²) in [5.74, 6) is 1.82. The summed E-state index contributed by atoms with van der Waals surface area (Å²) in [6.45, 7) is 4.42. The summed E-state index contributed by atoms with van der Waals surface area (Å²) in [4.78, 5) is 29.2. The second-order valence-corrected chi connectivity index (χ2v) is 9.02. The van der Waals surface area contributed by atoms with Crippen molar-refractivity contribution in [2.24, 2.45) is 5.92 Å². The average molecular weight is 439 g/mol. The Kier molecular flexibility index (Phi) is 5.52. The highest BCUT2D eigenvalue weighted by Crippen LogP contribution is 2.30. The lowest BCUT2D eigenvalue weighted by Gasteiger charge is -2.32. The number of hydrogen-bond donors (Lipinski definition) is 1. The Morgan fingerprint density at radius 2 is 2.06 bits per heavy atom. The van der Waals surface area contributed by atoms with E-state index in [1.807, 2.05) is 25.1 Å². The molecule has 8 heteroatoms. The molecule has 0 aliphatic carbocycles. The van der Waals surface area contributed by atoms with Crippen LogP contribution in [0.15, 0.2) is 24.5 Å². The molecule has 31 heavy (non-hydrogen) atoms. The number of aromatic nitrogens is 4. The van der Waals surface area contributed by atoms with Gasteiger partial charge in [0.15, 0.2) is 17.0 Å². The van der Waals surface area contributed by atoms with Crippen molar-refractivity contribution < 1.29 is 4.79 Å². The van der Waals surface area contributed by atoms with Crippen LogP contribution in [0.5, 0.6) is 0 Å². The van der Waals surface area contributed by atoms with Gasteiger partial charge in [-0.15, -0.1) is 0 Å². The monoisotopic (exact) mass is 438 g/mol. The molecule has 1 atom stereocenters. The minimum atomic E-state index is -0.128. The number of rotatable bonds is 3. The van der Waals surface area contributed by atoms with Crippen LogP contribution >= 0.6 is 11.6 Å². The van der Waals surface area contributed by atoms with Gasteiger partial charge in [-0.3, -0.25) is 4.79 Å². The van der Waals surface area contributed by atoms with E-state index in [4.69, 9.17) is 16.6 Å². The Balaban J connectivity index is 1.38. The third-order valence-electron chi connectivity index (χ3n) is 6.35. The fraction of sp³-hybridized carbons (Fsp3) is 0.478. The molecule has 4 heterocycles. The minimum absolute atomic E-state index is 0.00127. The van der Waals surface area contributed by atoms with Crippen LogP contribution in [0.1, 0.15) is 43.5 Å². The van der Waals surface area contributed by atoms with Gasteiger partial charge in [-0.2, -0.15) is 0 Å². The smallest absolute Gasteiger partial charge is 0.229 e. The highest BCUT2D eigenvalue weighted by molar-refractivity contribution is 6.33. The number of imidazole rings is 1. The molecule has 2 aromatic heterocycles. The Bertz CT molecular complexity index is 1130. The lowest BCUT2D eigenvalue weighted by molar-refractivity contribution is -0.120. The maximum absolute atomic E-state index is 13.0. The van der Waals surface area contributed by atoms with E-state index in [0.717, 1.165) is 67.1 Å². The summed E-state index contributed by atoms with van der Waals surface area (Å²) in [6, 6.07) is 5.68. The molecule has 3 aromatic rings. The molecule has 1 saturated heterocycles. The number of hydrogen-bond acceptors (Lipinski definition) is 5. The summed E-state index contributed by atoms with van der Waals surface area (Å²) in [6.07, 6.45) is 7.95. The van der Waals surface area contributed by atoms with Gasteiger partial charge in [-0.05, 0) is 50.3 Å². The predicted molar refractivity (Wildman–Crippen MR) is 123 cm³/mol. The van der Waals surface area contributed by atoms with E-state index < -0.39 is 0 Å². The molecule has 0 radical (unpaired) electrons. The second-order valence-electron chi connectivity index (χ2n) is 8.62. The Labute approximate surface area is 186 Å². The van der Waals surface area contributed by atoms with Gasteiger partial charge in [-0.1, -0.05) is 24.1 Å². The number of nitrogens with one attached hydrogen (secondary N) is 1. The molecule has 7 nitrogen and oxygen atoms in total. The van der Waals surface area contributed by atoms with Gasteiger partial charge in [0.2, 0.25) is 5.91 Å². The Morgan fingerprint density at radius 1 is 1.16 bits per heavy atom. The minimum Gasteiger partial charge on any atom is -0.354 e. The molecule has 1 fully saturated rings. The van der Waals surface area contributed by atoms with Crippen molar-refractivity contribution in [3.05, 3.63) is 40.9 Å². The van der Waals surface area contributed by atoms with Crippen molar-refractivity contribution >= 4 is 40.2 Å². The van der Waals surface area contributed by atoms with Crippen molar-refractivity contribution in [2.75, 3.05) is 23.3 Å². The first-order chi connectivity index (χ1) is 15.1. The standard InChI is InChI=1S/C23H27ClN6O/c1-15-8-9-18(17(24)12-15)27-23(31)16-6-5-10-29(13-16)21-20-22(26-14-25-21)30-11-4-2-3-7-19(30)28-20/h8-9,12,14,16H,2-7,10-11,13H2,1H3,(H,27,31).